The van der Waals surface area contributed by atoms with Gasteiger partial charge in [-0.1, -0.05) is 48.3 Å². The highest BCUT2D eigenvalue weighted by Crippen LogP contribution is 2.25. The van der Waals surface area contributed by atoms with Crippen LogP contribution in [0.15, 0.2) is 34.9 Å². The van der Waals surface area contributed by atoms with Crippen molar-refractivity contribution in [1.82, 2.24) is 10.1 Å². The zero-order valence-electron chi connectivity index (χ0n) is 13.8. The topological polar surface area (TPSA) is 99.4 Å². The van der Waals surface area contributed by atoms with Crippen LogP contribution >= 0.6 is 0 Å². The van der Waals surface area contributed by atoms with Crippen molar-refractivity contribution in [1.29, 1.82) is 0 Å². The number of aromatic nitrogens is 2. The summed E-state index contributed by atoms with van der Waals surface area (Å²) in [6.07, 6.45) is 3.12. The molecule has 0 bridgehead atoms. The van der Waals surface area contributed by atoms with Crippen molar-refractivity contribution in [3.63, 3.8) is 0 Å². The molecule has 0 spiro atoms. The maximum absolute atomic E-state index is 12.1. The molecule has 1 aliphatic rings. The first kappa shape index (κ1) is 17.6. The molecular weight excluding hydrogens is 344 g/mol. The monoisotopic (exact) mass is 364 g/mol. The lowest BCUT2D eigenvalue weighted by Gasteiger charge is -2.10. The van der Waals surface area contributed by atoms with E-state index in [-0.39, 0.29) is 29.9 Å². The predicted octanol–water partition coefficient (Wildman–Crippen LogP) is 2.53. The van der Waals surface area contributed by atoms with Gasteiger partial charge in [-0.2, -0.15) is 4.98 Å². The number of nitrogens with zero attached hydrogens (tertiary/aromatic N) is 2. The SMILES string of the molecule is O=C(CCS(=O)(=O)C1CCCC1)OCc1nc(-c2ccccc2)no1. The number of esters is 1. The standard InChI is InChI=1S/C17H20N2O5S/c20-16(10-11-25(21,22)14-8-4-5-9-14)23-12-15-18-17(19-24-15)13-6-2-1-3-7-13/h1-3,6-7,14H,4-5,8-12H2. The van der Waals surface area contributed by atoms with Crippen LogP contribution in [0.1, 0.15) is 38.0 Å². The number of hydrogen-bond acceptors (Lipinski definition) is 7. The van der Waals surface area contributed by atoms with E-state index in [0.717, 1.165) is 18.4 Å². The van der Waals surface area contributed by atoms with E-state index in [9.17, 15) is 13.2 Å². The Morgan fingerprint density at radius 2 is 1.92 bits per heavy atom. The number of rotatable bonds is 7. The maximum atomic E-state index is 12.1. The second-order valence-corrected chi connectivity index (χ2v) is 8.46. The molecule has 0 N–H and O–H groups in total. The van der Waals surface area contributed by atoms with Gasteiger partial charge in [0.15, 0.2) is 16.4 Å². The van der Waals surface area contributed by atoms with Crippen LogP contribution < -0.4 is 0 Å². The van der Waals surface area contributed by atoms with Crippen LogP contribution in [0.2, 0.25) is 0 Å². The van der Waals surface area contributed by atoms with E-state index in [4.69, 9.17) is 9.26 Å². The summed E-state index contributed by atoms with van der Waals surface area (Å²) in [6.45, 7) is -0.165. The minimum Gasteiger partial charge on any atom is -0.456 e. The fraction of sp³-hybridized carbons (Fsp3) is 0.471. The van der Waals surface area contributed by atoms with Crippen LogP contribution in [0.3, 0.4) is 0 Å². The first-order valence-electron chi connectivity index (χ1n) is 8.30. The Kier molecular flexibility index (Phi) is 5.47. The summed E-state index contributed by atoms with van der Waals surface area (Å²) in [5.74, 6) is -0.169. The minimum atomic E-state index is -3.22. The van der Waals surface area contributed by atoms with Crippen molar-refractivity contribution in [3.05, 3.63) is 36.2 Å². The summed E-state index contributed by atoms with van der Waals surface area (Å²) >= 11 is 0. The summed E-state index contributed by atoms with van der Waals surface area (Å²) in [4.78, 5) is 15.9. The number of benzene rings is 1. The van der Waals surface area contributed by atoms with Gasteiger partial charge in [0.1, 0.15) is 0 Å². The molecule has 8 heteroatoms. The molecule has 0 aliphatic heterocycles. The largest absolute Gasteiger partial charge is 0.456 e. The van der Waals surface area contributed by atoms with E-state index in [2.05, 4.69) is 10.1 Å². The zero-order valence-corrected chi connectivity index (χ0v) is 14.6. The third kappa shape index (κ3) is 4.66. The Balaban J connectivity index is 1.47. The van der Waals surface area contributed by atoms with E-state index < -0.39 is 15.8 Å². The Bertz CT molecular complexity index is 811. The van der Waals surface area contributed by atoms with Crippen molar-refractivity contribution >= 4 is 15.8 Å². The van der Waals surface area contributed by atoms with Crippen molar-refractivity contribution in [2.24, 2.45) is 0 Å². The van der Waals surface area contributed by atoms with E-state index in [1.165, 1.54) is 0 Å². The molecular formula is C17H20N2O5S. The molecule has 3 rings (SSSR count). The van der Waals surface area contributed by atoms with Gasteiger partial charge in [-0.3, -0.25) is 4.79 Å². The van der Waals surface area contributed by atoms with Crippen molar-refractivity contribution in [2.75, 3.05) is 5.75 Å². The second-order valence-electron chi connectivity index (χ2n) is 6.06. The Hall–Kier alpha value is -2.22. The number of hydrogen-bond donors (Lipinski definition) is 0. The number of carbonyl (C=O) groups is 1. The van der Waals surface area contributed by atoms with Gasteiger partial charge in [-0.25, -0.2) is 8.42 Å². The van der Waals surface area contributed by atoms with Crippen LogP contribution in [-0.2, 0) is 26.0 Å². The first-order valence-corrected chi connectivity index (χ1v) is 10.0. The third-order valence-electron chi connectivity index (χ3n) is 4.26. The molecule has 1 heterocycles. The Morgan fingerprint density at radius 3 is 2.64 bits per heavy atom. The first-order chi connectivity index (χ1) is 12.0. The summed E-state index contributed by atoms with van der Waals surface area (Å²) in [6, 6.07) is 9.28. The van der Waals surface area contributed by atoms with Crippen molar-refractivity contribution in [3.8, 4) is 11.4 Å². The molecule has 1 saturated carbocycles. The normalized spacial score (nSPS) is 15.4. The average molecular weight is 364 g/mol. The molecule has 0 saturated heterocycles. The van der Waals surface area contributed by atoms with E-state index in [1.54, 1.807) is 0 Å². The lowest BCUT2D eigenvalue weighted by atomic mass is 10.2. The average Bonchev–Trinajstić information content (AvgIpc) is 3.31. The number of ether oxygens (including phenoxy) is 1. The molecule has 0 unspecified atom stereocenters. The van der Waals surface area contributed by atoms with Crippen LogP contribution in [0, 0.1) is 0 Å². The smallest absolute Gasteiger partial charge is 0.307 e. The summed E-state index contributed by atoms with van der Waals surface area (Å²) < 4.78 is 34.3. The van der Waals surface area contributed by atoms with Gasteiger partial charge in [0.05, 0.1) is 17.4 Å². The van der Waals surface area contributed by atoms with E-state index in [0.29, 0.717) is 18.7 Å². The van der Waals surface area contributed by atoms with Crippen LogP contribution in [0.5, 0.6) is 0 Å². The molecule has 0 amide bonds. The molecule has 1 aromatic heterocycles. The molecule has 25 heavy (non-hydrogen) atoms. The Morgan fingerprint density at radius 1 is 1.20 bits per heavy atom. The highest BCUT2D eigenvalue weighted by molar-refractivity contribution is 7.92. The van der Waals surface area contributed by atoms with E-state index in [1.807, 2.05) is 30.3 Å². The summed E-state index contributed by atoms with van der Waals surface area (Å²) in [7, 11) is -3.22. The number of sulfone groups is 1. The van der Waals surface area contributed by atoms with Crippen LogP contribution in [0.25, 0.3) is 11.4 Å². The van der Waals surface area contributed by atoms with Gasteiger partial charge in [0.2, 0.25) is 5.82 Å². The van der Waals surface area contributed by atoms with Gasteiger partial charge in [-0.05, 0) is 12.8 Å². The summed E-state index contributed by atoms with van der Waals surface area (Å²) in [5.41, 5.74) is 0.798. The minimum absolute atomic E-state index is 0.154. The highest BCUT2D eigenvalue weighted by Gasteiger charge is 2.29. The summed E-state index contributed by atoms with van der Waals surface area (Å²) in [5, 5.41) is 3.53. The van der Waals surface area contributed by atoms with Crippen molar-refractivity contribution in [2.45, 2.75) is 44.0 Å². The van der Waals surface area contributed by atoms with Gasteiger partial charge in [0, 0.05) is 5.56 Å². The zero-order chi connectivity index (χ0) is 17.7. The predicted molar refractivity (Wildman–Crippen MR) is 90.2 cm³/mol. The van der Waals surface area contributed by atoms with Crippen LogP contribution in [0.4, 0.5) is 0 Å². The molecule has 0 radical (unpaired) electrons. The Labute approximate surface area is 146 Å². The lowest BCUT2D eigenvalue weighted by molar-refractivity contribution is -0.145. The molecule has 7 nitrogen and oxygen atoms in total. The fourth-order valence-corrected chi connectivity index (χ4v) is 4.71. The number of carbonyl (C=O) groups excluding carboxylic acids is 1. The molecule has 0 atom stereocenters. The molecule has 2 aromatic rings. The van der Waals surface area contributed by atoms with Crippen molar-refractivity contribution < 1.29 is 22.5 Å². The fourth-order valence-electron chi connectivity index (χ4n) is 2.87. The van der Waals surface area contributed by atoms with Gasteiger partial charge in [-0.15, -0.1) is 0 Å². The second kappa shape index (κ2) is 7.77. The quantitative estimate of drug-likeness (QED) is 0.696. The van der Waals surface area contributed by atoms with E-state index >= 15 is 0 Å². The van der Waals surface area contributed by atoms with Gasteiger partial charge < -0.3 is 9.26 Å². The molecule has 1 aliphatic carbocycles. The van der Waals surface area contributed by atoms with Gasteiger partial charge >= 0.3 is 5.97 Å². The molecule has 1 aromatic carbocycles. The molecule has 134 valence electrons. The lowest BCUT2D eigenvalue weighted by Crippen LogP contribution is -2.23. The third-order valence-corrected chi connectivity index (χ3v) is 6.52. The van der Waals surface area contributed by atoms with Gasteiger partial charge in [0.25, 0.3) is 5.89 Å². The highest BCUT2D eigenvalue weighted by atomic mass is 32.2. The molecule has 1 fully saturated rings. The van der Waals surface area contributed by atoms with Crippen LogP contribution in [-0.4, -0.2) is 35.5 Å². The maximum Gasteiger partial charge on any atom is 0.307 e.